The quantitative estimate of drug-likeness (QED) is 0.734. The first-order valence-electron chi connectivity index (χ1n) is 6.16. The monoisotopic (exact) mass is 234 g/mol. The SMILES string of the molecule is O=Cc1ccc(CCO[C@H]2CCCCO2)cc1. The maximum absolute atomic E-state index is 10.5. The van der Waals surface area contributed by atoms with E-state index in [1.165, 1.54) is 12.0 Å². The predicted molar refractivity (Wildman–Crippen MR) is 65.1 cm³/mol. The van der Waals surface area contributed by atoms with Crippen LogP contribution in [-0.4, -0.2) is 25.8 Å². The molecule has 2 rings (SSSR count). The summed E-state index contributed by atoms with van der Waals surface area (Å²) in [6.45, 7) is 1.49. The van der Waals surface area contributed by atoms with E-state index in [1.54, 1.807) is 0 Å². The van der Waals surface area contributed by atoms with Crippen LogP contribution in [0.1, 0.15) is 35.2 Å². The molecular formula is C14H18O3. The van der Waals surface area contributed by atoms with Gasteiger partial charge in [-0.25, -0.2) is 0 Å². The van der Waals surface area contributed by atoms with E-state index in [4.69, 9.17) is 9.47 Å². The van der Waals surface area contributed by atoms with E-state index in [0.29, 0.717) is 12.2 Å². The average molecular weight is 234 g/mol. The molecule has 0 unspecified atom stereocenters. The number of benzene rings is 1. The lowest BCUT2D eigenvalue weighted by molar-refractivity contribution is -0.161. The molecule has 0 amide bonds. The highest BCUT2D eigenvalue weighted by Gasteiger charge is 2.13. The fourth-order valence-corrected chi connectivity index (χ4v) is 1.91. The van der Waals surface area contributed by atoms with Gasteiger partial charge in [0.2, 0.25) is 0 Å². The first kappa shape index (κ1) is 12.3. The molecule has 0 bridgehead atoms. The molecule has 0 aromatic heterocycles. The number of carbonyl (C=O) groups is 1. The zero-order valence-electron chi connectivity index (χ0n) is 9.93. The highest BCUT2D eigenvalue weighted by atomic mass is 16.7. The van der Waals surface area contributed by atoms with Crippen LogP contribution in [0.5, 0.6) is 0 Å². The summed E-state index contributed by atoms with van der Waals surface area (Å²) >= 11 is 0. The van der Waals surface area contributed by atoms with E-state index >= 15 is 0 Å². The van der Waals surface area contributed by atoms with Gasteiger partial charge in [-0.1, -0.05) is 24.3 Å². The van der Waals surface area contributed by atoms with Crippen molar-refractivity contribution in [2.75, 3.05) is 13.2 Å². The molecule has 1 saturated heterocycles. The molecule has 3 heteroatoms. The van der Waals surface area contributed by atoms with Crippen molar-refractivity contribution < 1.29 is 14.3 Å². The highest BCUT2D eigenvalue weighted by molar-refractivity contribution is 5.74. The van der Waals surface area contributed by atoms with Gasteiger partial charge in [0.05, 0.1) is 6.61 Å². The van der Waals surface area contributed by atoms with Gasteiger partial charge in [-0.05, 0) is 31.2 Å². The first-order valence-corrected chi connectivity index (χ1v) is 6.16. The summed E-state index contributed by atoms with van der Waals surface area (Å²) in [6.07, 6.45) is 5.04. The zero-order chi connectivity index (χ0) is 11.9. The summed E-state index contributed by atoms with van der Waals surface area (Å²) in [5, 5.41) is 0. The number of hydrogen-bond acceptors (Lipinski definition) is 3. The molecule has 17 heavy (non-hydrogen) atoms. The van der Waals surface area contributed by atoms with Crippen molar-refractivity contribution in [1.82, 2.24) is 0 Å². The van der Waals surface area contributed by atoms with E-state index in [1.807, 2.05) is 24.3 Å². The maximum atomic E-state index is 10.5. The minimum absolute atomic E-state index is 0.0157. The average Bonchev–Trinajstić information content (AvgIpc) is 2.41. The van der Waals surface area contributed by atoms with Crippen molar-refractivity contribution in [3.63, 3.8) is 0 Å². The lowest BCUT2D eigenvalue weighted by Crippen LogP contribution is -2.23. The van der Waals surface area contributed by atoms with Crippen LogP contribution in [0.2, 0.25) is 0 Å². The first-order chi connectivity index (χ1) is 8.38. The molecule has 0 aliphatic carbocycles. The Kier molecular flexibility index (Phi) is 4.71. The summed E-state index contributed by atoms with van der Waals surface area (Å²) < 4.78 is 11.1. The lowest BCUT2D eigenvalue weighted by atomic mass is 10.1. The molecule has 1 aromatic rings. The van der Waals surface area contributed by atoms with E-state index in [9.17, 15) is 4.79 Å². The van der Waals surface area contributed by atoms with Gasteiger partial charge >= 0.3 is 0 Å². The second-order valence-electron chi connectivity index (χ2n) is 4.28. The van der Waals surface area contributed by atoms with Crippen LogP contribution in [0.25, 0.3) is 0 Å². The molecule has 3 nitrogen and oxygen atoms in total. The Morgan fingerprint density at radius 1 is 1.29 bits per heavy atom. The molecular weight excluding hydrogens is 216 g/mol. The molecule has 0 radical (unpaired) electrons. The predicted octanol–water partition coefficient (Wildman–Crippen LogP) is 2.58. The number of carbonyl (C=O) groups excluding carboxylic acids is 1. The Balaban J connectivity index is 1.71. The molecule has 0 spiro atoms. The molecule has 0 saturated carbocycles. The summed E-state index contributed by atoms with van der Waals surface area (Å²) in [7, 11) is 0. The fraction of sp³-hybridized carbons (Fsp3) is 0.500. The minimum Gasteiger partial charge on any atom is -0.353 e. The Hall–Kier alpha value is -1.19. The fourth-order valence-electron chi connectivity index (χ4n) is 1.91. The highest BCUT2D eigenvalue weighted by Crippen LogP contribution is 2.14. The number of hydrogen-bond donors (Lipinski definition) is 0. The molecule has 1 aliphatic heterocycles. The molecule has 1 fully saturated rings. The summed E-state index contributed by atoms with van der Waals surface area (Å²) in [5.74, 6) is 0. The van der Waals surface area contributed by atoms with Crippen LogP contribution < -0.4 is 0 Å². The normalized spacial score (nSPS) is 20.1. The van der Waals surface area contributed by atoms with Crippen LogP contribution in [0, 0.1) is 0 Å². The van der Waals surface area contributed by atoms with Crippen molar-refractivity contribution in [3.05, 3.63) is 35.4 Å². The Morgan fingerprint density at radius 3 is 2.76 bits per heavy atom. The maximum Gasteiger partial charge on any atom is 0.157 e. The van der Waals surface area contributed by atoms with Crippen molar-refractivity contribution in [3.8, 4) is 0 Å². The number of rotatable bonds is 5. The smallest absolute Gasteiger partial charge is 0.157 e. The van der Waals surface area contributed by atoms with Gasteiger partial charge in [0.1, 0.15) is 6.29 Å². The third kappa shape index (κ3) is 3.95. The Morgan fingerprint density at radius 2 is 2.12 bits per heavy atom. The minimum atomic E-state index is -0.0157. The standard InChI is InChI=1S/C14H18O3/c15-11-13-6-4-12(5-7-13)8-10-17-14-3-1-2-9-16-14/h4-7,11,14H,1-3,8-10H2/t14-/m0/s1. The molecule has 1 atom stereocenters. The van der Waals surface area contributed by atoms with Gasteiger partial charge < -0.3 is 9.47 Å². The van der Waals surface area contributed by atoms with Crippen LogP contribution in [0.15, 0.2) is 24.3 Å². The van der Waals surface area contributed by atoms with Gasteiger partial charge in [0.25, 0.3) is 0 Å². The number of ether oxygens (including phenoxy) is 2. The second-order valence-corrected chi connectivity index (χ2v) is 4.28. The third-order valence-electron chi connectivity index (χ3n) is 2.95. The Bertz CT molecular complexity index is 339. The van der Waals surface area contributed by atoms with Gasteiger partial charge in [-0.2, -0.15) is 0 Å². The third-order valence-corrected chi connectivity index (χ3v) is 2.95. The van der Waals surface area contributed by atoms with Gasteiger partial charge in [0.15, 0.2) is 6.29 Å². The largest absolute Gasteiger partial charge is 0.353 e. The summed E-state index contributed by atoms with van der Waals surface area (Å²) in [6, 6.07) is 7.60. The van der Waals surface area contributed by atoms with Crippen LogP contribution in [0.3, 0.4) is 0 Å². The molecule has 1 aromatic carbocycles. The molecule has 1 aliphatic rings. The van der Waals surface area contributed by atoms with E-state index < -0.39 is 0 Å². The van der Waals surface area contributed by atoms with Crippen molar-refractivity contribution >= 4 is 6.29 Å². The van der Waals surface area contributed by atoms with Gasteiger partial charge in [-0.3, -0.25) is 4.79 Å². The summed E-state index contributed by atoms with van der Waals surface area (Å²) in [5.41, 5.74) is 1.90. The van der Waals surface area contributed by atoms with Crippen molar-refractivity contribution in [2.45, 2.75) is 32.0 Å². The molecule has 92 valence electrons. The molecule has 0 N–H and O–H groups in total. The van der Waals surface area contributed by atoms with Crippen molar-refractivity contribution in [1.29, 1.82) is 0 Å². The number of aldehydes is 1. The zero-order valence-corrected chi connectivity index (χ0v) is 9.93. The van der Waals surface area contributed by atoms with Gasteiger partial charge in [0, 0.05) is 12.2 Å². The van der Waals surface area contributed by atoms with E-state index in [2.05, 4.69) is 0 Å². The van der Waals surface area contributed by atoms with Crippen LogP contribution in [0.4, 0.5) is 0 Å². The summed E-state index contributed by atoms with van der Waals surface area (Å²) in [4.78, 5) is 10.5. The second kappa shape index (κ2) is 6.52. The van der Waals surface area contributed by atoms with Crippen LogP contribution >= 0.6 is 0 Å². The van der Waals surface area contributed by atoms with Crippen LogP contribution in [-0.2, 0) is 15.9 Å². The van der Waals surface area contributed by atoms with E-state index in [0.717, 1.165) is 32.2 Å². The topological polar surface area (TPSA) is 35.5 Å². The lowest BCUT2D eigenvalue weighted by Gasteiger charge is -2.22. The van der Waals surface area contributed by atoms with Crippen molar-refractivity contribution in [2.24, 2.45) is 0 Å². The molecule has 1 heterocycles. The Labute approximate surface area is 102 Å². The van der Waals surface area contributed by atoms with Gasteiger partial charge in [-0.15, -0.1) is 0 Å². The van der Waals surface area contributed by atoms with E-state index in [-0.39, 0.29) is 6.29 Å².